The molecule has 0 radical (unpaired) electrons. The molecule has 1 saturated heterocycles. The van der Waals surface area contributed by atoms with Crippen molar-refractivity contribution in [1.29, 1.82) is 0 Å². The van der Waals surface area contributed by atoms with Gasteiger partial charge in [-0.2, -0.15) is 0 Å². The molecule has 1 aliphatic carbocycles. The second-order valence-electron chi connectivity index (χ2n) is 10.1. The molecule has 0 bridgehead atoms. The number of nitrogens with one attached hydrogen (secondary N) is 1. The van der Waals surface area contributed by atoms with E-state index in [4.69, 9.17) is 40.0 Å². The van der Waals surface area contributed by atoms with E-state index in [2.05, 4.69) is 11.4 Å². The van der Waals surface area contributed by atoms with E-state index in [0.717, 1.165) is 6.42 Å². The molecule has 208 valence electrons. The van der Waals surface area contributed by atoms with Crippen LogP contribution >= 0.6 is 11.6 Å². The highest BCUT2D eigenvalue weighted by Gasteiger charge is 2.67. The van der Waals surface area contributed by atoms with E-state index < -0.39 is 35.3 Å². The van der Waals surface area contributed by atoms with Crippen molar-refractivity contribution in [1.82, 2.24) is 0 Å². The molecule has 6 unspecified atom stereocenters. The lowest BCUT2D eigenvalue weighted by atomic mass is 9.66. The van der Waals surface area contributed by atoms with Crippen molar-refractivity contribution in [3.8, 4) is 17.2 Å². The highest BCUT2D eigenvalue weighted by Crippen LogP contribution is 2.55. The average molecular weight is 542 g/mol. The van der Waals surface area contributed by atoms with Gasteiger partial charge in [0.25, 0.3) is 0 Å². The van der Waals surface area contributed by atoms with Crippen LogP contribution in [0.15, 0.2) is 23.8 Å². The Balaban J connectivity index is 1.71. The lowest BCUT2D eigenvalue weighted by molar-refractivity contribution is -0.191. The van der Waals surface area contributed by atoms with Gasteiger partial charge in [-0.25, -0.2) is 0 Å². The number of methoxy groups -OCH3 is 4. The Bertz CT molecular complexity index is 958. The summed E-state index contributed by atoms with van der Waals surface area (Å²) in [5.41, 5.74) is -0.0401. The maximum atomic E-state index is 12.9. The number of aliphatic hydroxyl groups is 1. The summed E-state index contributed by atoms with van der Waals surface area (Å²) in [5.74, 6) is 0.502. The van der Waals surface area contributed by atoms with Crippen LogP contribution in [0, 0.1) is 5.92 Å². The number of benzene rings is 1. The molecule has 2 aliphatic rings. The second kappa shape index (κ2) is 12.1. The number of ether oxygens (including phenoxy) is 6. The maximum Gasteiger partial charge on any atom is 0.325 e. The van der Waals surface area contributed by atoms with Gasteiger partial charge in [0.15, 0.2) is 11.5 Å². The third kappa shape index (κ3) is 6.28. The maximum absolute atomic E-state index is 12.9. The predicted octanol–water partition coefficient (Wildman–Crippen LogP) is 3.94. The van der Waals surface area contributed by atoms with Crippen molar-refractivity contribution in [2.75, 3.05) is 46.2 Å². The number of anilines is 1. The van der Waals surface area contributed by atoms with Crippen LogP contribution in [0.5, 0.6) is 17.2 Å². The highest BCUT2D eigenvalue weighted by molar-refractivity contribution is 6.18. The fraction of sp³-hybridized carbons (Fsp3) is 0.667. The topological polar surface area (TPSA) is 108 Å². The molecule has 1 aromatic rings. The van der Waals surface area contributed by atoms with Crippen molar-refractivity contribution in [2.24, 2.45) is 5.92 Å². The molecule has 0 spiro atoms. The van der Waals surface area contributed by atoms with Crippen molar-refractivity contribution in [2.45, 2.75) is 69.5 Å². The Morgan fingerprint density at radius 2 is 1.84 bits per heavy atom. The summed E-state index contributed by atoms with van der Waals surface area (Å²) in [5, 5.41) is 14.5. The molecule has 0 amide bonds. The van der Waals surface area contributed by atoms with Crippen LogP contribution in [0.25, 0.3) is 0 Å². The van der Waals surface area contributed by atoms with Gasteiger partial charge in [0.2, 0.25) is 5.75 Å². The van der Waals surface area contributed by atoms with E-state index in [1.54, 1.807) is 19.2 Å². The quantitative estimate of drug-likeness (QED) is 0.176. The number of esters is 1. The normalized spacial score (nSPS) is 30.7. The number of carbonyl (C=O) groups is 1. The molecule has 2 N–H and O–H groups in total. The van der Waals surface area contributed by atoms with Crippen LogP contribution in [0.2, 0.25) is 0 Å². The Morgan fingerprint density at radius 1 is 1.19 bits per heavy atom. The first-order chi connectivity index (χ1) is 17.6. The van der Waals surface area contributed by atoms with E-state index in [0.29, 0.717) is 35.8 Å². The Kier molecular flexibility index (Phi) is 9.61. The van der Waals surface area contributed by atoms with Crippen molar-refractivity contribution < 1.29 is 38.3 Å². The third-order valence-corrected chi connectivity index (χ3v) is 7.82. The molecule has 1 aromatic carbocycles. The Hall–Kier alpha value is -2.20. The lowest BCUT2D eigenvalue weighted by Crippen LogP contribution is -2.61. The van der Waals surface area contributed by atoms with E-state index in [1.807, 2.05) is 20.8 Å². The van der Waals surface area contributed by atoms with Crippen molar-refractivity contribution in [3.05, 3.63) is 23.8 Å². The largest absolute Gasteiger partial charge is 0.493 e. The molecule has 2 fully saturated rings. The summed E-state index contributed by atoms with van der Waals surface area (Å²) in [6.07, 6.45) is 2.43. The first-order valence-electron chi connectivity index (χ1n) is 12.4. The third-order valence-electron chi connectivity index (χ3n) is 7.36. The number of rotatable bonds is 12. The van der Waals surface area contributed by atoms with Gasteiger partial charge in [-0.15, -0.1) is 11.6 Å². The molecule has 1 heterocycles. The molecule has 0 aromatic heterocycles. The van der Waals surface area contributed by atoms with E-state index >= 15 is 0 Å². The minimum Gasteiger partial charge on any atom is -0.493 e. The van der Waals surface area contributed by atoms with Gasteiger partial charge < -0.3 is 38.8 Å². The first kappa shape index (κ1) is 29.4. The smallest absolute Gasteiger partial charge is 0.325 e. The van der Waals surface area contributed by atoms with Crippen LogP contribution in [0.3, 0.4) is 0 Å². The standard InChI is InChI=1S/C27H40ClNO8/c1-16(2)8-9-21-26(3,37-21)25-24(35-7)18(10-11-27(25,31)15-28)36-22(30)14-29-17-12-19(32-4)23(34-6)20(13-17)33-5/h8,12-13,18,21,24-25,29,31H,9-11,14-15H2,1-7H3. The Labute approximate surface area is 224 Å². The van der Waals surface area contributed by atoms with Crippen molar-refractivity contribution in [3.63, 3.8) is 0 Å². The highest BCUT2D eigenvalue weighted by atomic mass is 35.5. The summed E-state index contributed by atoms with van der Waals surface area (Å²) in [7, 11) is 6.13. The fourth-order valence-electron chi connectivity index (χ4n) is 5.39. The van der Waals surface area contributed by atoms with Gasteiger partial charge in [-0.05, 0) is 40.0 Å². The summed E-state index contributed by atoms with van der Waals surface area (Å²) in [6.45, 7) is 5.96. The van der Waals surface area contributed by atoms with Crippen molar-refractivity contribution >= 4 is 23.3 Å². The number of halogens is 1. The molecular formula is C27H40ClNO8. The SMILES string of the molecule is COc1cc(NCC(=O)OC2CCC(O)(CCl)C(C3(C)OC3CC=C(C)C)C2OC)cc(OC)c1OC. The number of carbonyl (C=O) groups excluding carboxylic acids is 1. The molecule has 6 atom stereocenters. The summed E-state index contributed by atoms with van der Waals surface area (Å²) in [4.78, 5) is 12.9. The van der Waals surface area contributed by atoms with Crippen LogP contribution < -0.4 is 19.5 Å². The van der Waals surface area contributed by atoms with E-state index in [9.17, 15) is 9.90 Å². The van der Waals surface area contributed by atoms with Gasteiger partial charge >= 0.3 is 5.97 Å². The van der Waals surface area contributed by atoms with Crippen LogP contribution in [-0.2, 0) is 19.0 Å². The molecule has 1 aliphatic heterocycles. The number of epoxide rings is 1. The molecule has 37 heavy (non-hydrogen) atoms. The summed E-state index contributed by atoms with van der Waals surface area (Å²) < 4.78 is 33.9. The zero-order valence-corrected chi connectivity index (χ0v) is 23.5. The van der Waals surface area contributed by atoms with Crippen LogP contribution in [0.1, 0.15) is 40.0 Å². The van der Waals surface area contributed by atoms with Gasteiger partial charge in [-0.1, -0.05) is 11.6 Å². The second-order valence-corrected chi connectivity index (χ2v) is 10.3. The number of allylic oxidation sites excluding steroid dienone is 1. The van der Waals surface area contributed by atoms with E-state index in [1.165, 1.54) is 26.9 Å². The molecular weight excluding hydrogens is 502 g/mol. The molecule has 9 nitrogen and oxygen atoms in total. The summed E-state index contributed by atoms with van der Waals surface area (Å²) in [6, 6.07) is 3.42. The van der Waals surface area contributed by atoms with Gasteiger partial charge in [-0.3, -0.25) is 4.79 Å². The first-order valence-corrected chi connectivity index (χ1v) is 13.0. The minimum absolute atomic E-state index is 0.0369. The summed E-state index contributed by atoms with van der Waals surface area (Å²) >= 11 is 6.27. The van der Waals surface area contributed by atoms with Gasteiger partial charge in [0.05, 0.1) is 44.8 Å². The number of hydrogen-bond donors (Lipinski definition) is 2. The monoisotopic (exact) mass is 541 g/mol. The van der Waals surface area contributed by atoms with Gasteiger partial charge in [0, 0.05) is 24.9 Å². The average Bonchev–Trinajstić information content (AvgIpc) is 3.56. The zero-order chi connectivity index (χ0) is 27.4. The molecule has 3 rings (SSSR count). The zero-order valence-electron chi connectivity index (χ0n) is 22.8. The molecule has 10 heteroatoms. The van der Waals surface area contributed by atoms with Crippen LogP contribution in [0.4, 0.5) is 5.69 Å². The fourth-order valence-corrected chi connectivity index (χ4v) is 5.69. The number of hydrogen-bond acceptors (Lipinski definition) is 9. The van der Waals surface area contributed by atoms with E-state index in [-0.39, 0.29) is 18.5 Å². The van der Waals surface area contributed by atoms with Crippen LogP contribution in [-0.4, -0.2) is 81.5 Å². The predicted molar refractivity (Wildman–Crippen MR) is 141 cm³/mol. The Morgan fingerprint density at radius 3 is 2.35 bits per heavy atom. The minimum atomic E-state index is -1.20. The molecule has 1 saturated carbocycles. The van der Waals surface area contributed by atoms with Gasteiger partial charge in [0.1, 0.15) is 24.4 Å². The lowest BCUT2D eigenvalue weighted by Gasteiger charge is -2.48. The number of alkyl halides is 1.